The Morgan fingerprint density at radius 2 is 1.11 bits per heavy atom. The number of hydrogen-bond acceptors (Lipinski definition) is 6. The predicted octanol–water partition coefficient (Wildman–Crippen LogP) is 6.73. The minimum absolute atomic E-state index is 0.131. The van der Waals surface area contributed by atoms with Crippen molar-refractivity contribution in [2.24, 2.45) is 0 Å². The average molecular weight is 630 g/mol. The van der Waals surface area contributed by atoms with Crippen LogP contribution in [-0.4, -0.2) is 50.4 Å². The van der Waals surface area contributed by atoms with Gasteiger partial charge >= 0.3 is 0 Å². The largest absolute Gasteiger partial charge is 0.374 e. The second-order valence-electron chi connectivity index (χ2n) is 11.3. The fraction of sp³-hybridized carbons (Fsp3) is 0.351. The van der Waals surface area contributed by atoms with Crippen LogP contribution in [0.1, 0.15) is 42.0 Å². The van der Waals surface area contributed by atoms with Gasteiger partial charge in [-0.05, 0) is 28.7 Å². The summed E-state index contributed by atoms with van der Waals surface area (Å²) in [6.07, 6.45) is -1.20. The third-order valence-electron chi connectivity index (χ3n) is 7.81. The molecule has 1 heterocycles. The van der Waals surface area contributed by atoms with Gasteiger partial charge in [0.25, 0.3) is 0 Å². The van der Waals surface area contributed by atoms with Crippen molar-refractivity contribution in [2.45, 2.75) is 69.9 Å². The molecule has 8 heteroatoms. The summed E-state index contributed by atoms with van der Waals surface area (Å²) in [5.74, 6) is -0.131. The molecule has 1 aliphatic heterocycles. The molecular weight excluding hydrogens is 586 g/mol. The SMILES string of the molecule is CCCCN([C@@H]1O[C@H](COCc2ccccc2)[C@@H](OCc2ccccc2)[C@H]1OCc1ccccc1)S(=O)(=O)Cc1ccccc1. The lowest BCUT2D eigenvalue weighted by Gasteiger charge is -2.32. The van der Waals surface area contributed by atoms with E-state index in [1.165, 1.54) is 4.31 Å². The van der Waals surface area contributed by atoms with E-state index in [1.807, 2.05) is 128 Å². The van der Waals surface area contributed by atoms with E-state index in [1.54, 1.807) is 0 Å². The van der Waals surface area contributed by atoms with Crippen molar-refractivity contribution < 1.29 is 27.4 Å². The number of nitrogens with zero attached hydrogens (tertiary/aromatic N) is 1. The highest BCUT2D eigenvalue weighted by Gasteiger charge is 2.51. The van der Waals surface area contributed by atoms with Gasteiger partial charge in [0, 0.05) is 6.54 Å². The molecule has 4 aromatic rings. The molecule has 0 N–H and O–H groups in total. The highest BCUT2D eigenvalue weighted by Crippen LogP contribution is 2.33. The summed E-state index contributed by atoms with van der Waals surface area (Å²) in [7, 11) is -3.79. The molecule has 0 aromatic heterocycles. The summed E-state index contributed by atoms with van der Waals surface area (Å²) in [6, 6.07) is 39.0. The van der Waals surface area contributed by atoms with Crippen molar-refractivity contribution in [3.8, 4) is 0 Å². The predicted molar refractivity (Wildman–Crippen MR) is 175 cm³/mol. The van der Waals surface area contributed by atoms with Gasteiger partial charge in [0.15, 0.2) is 6.23 Å². The van der Waals surface area contributed by atoms with Crippen LogP contribution in [0.2, 0.25) is 0 Å². The van der Waals surface area contributed by atoms with Crippen LogP contribution in [0, 0.1) is 0 Å². The number of hydrogen-bond donors (Lipinski definition) is 0. The Balaban J connectivity index is 1.45. The molecule has 5 rings (SSSR count). The van der Waals surface area contributed by atoms with E-state index in [0.29, 0.717) is 26.2 Å². The van der Waals surface area contributed by atoms with E-state index in [4.69, 9.17) is 18.9 Å². The molecule has 0 radical (unpaired) electrons. The zero-order chi connectivity index (χ0) is 31.3. The molecule has 4 aromatic carbocycles. The Kier molecular flexibility index (Phi) is 12.3. The molecule has 0 bridgehead atoms. The lowest BCUT2D eigenvalue weighted by Crippen LogP contribution is -2.49. The molecule has 4 atom stereocenters. The van der Waals surface area contributed by atoms with E-state index < -0.39 is 34.6 Å². The van der Waals surface area contributed by atoms with Crippen molar-refractivity contribution in [1.82, 2.24) is 4.31 Å². The van der Waals surface area contributed by atoms with Crippen molar-refractivity contribution >= 4 is 10.0 Å². The Bertz CT molecular complexity index is 1510. The summed E-state index contributed by atoms with van der Waals surface area (Å²) < 4.78 is 55.7. The average Bonchev–Trinajstić information content (AvgIpc) is 3.40. The molecule has 0 spiro atoms. The van der Waals surface area contributed by atoms with Crippen LogP contribution in [0.3, 0.4) is 0 Å². The van der Waals surface area contributed by atoms with Gasteiger partial charge < -0.3 is 18.9 Å². The maximum atomic E-state index is 14.1. The highest BCUT2D eigenvalue weighted by atomic mass is 32.2. The standard InChI is InChI=1S/C37H43NO6S/c1-2-3-24-38(45(39,40)29-33-22-14-7-15-23-33)37-36(43-27-32-20-12-6-13-21-32)35(42-26-31-18-10-5-11-19-31)34(44-37)28-41-25-30-16-8-4-9-17-30/h4-23,34-37H,2-3,24-29H2,1H3/t34-,35-,36-,37-/m1/s1. The van der Waals surface area contributed by atoms with Crippen LogP contribution in [-0.2, 0) is 54.5 Å². The molecule has 0 aliphatic carbocycles. The van der Waals surface area contributed by atoms with Gasteiger partial charge in [0.2, 0.25) is 10.0 Å². The van der Waals surface area contributed by atoms with Crippen LogP contribution in [0.25, 0.3) is 0 Å². The number of rotatable bonds is 17. The number of unbranched alkanes of at least 4 members (excludes halogenated alkanes) is 1. The fourth-order valence-electron chi connectivity index (χ4n) is 5.46. The second-order valence-corrected chi connectivity index (χ2v) is 13.2. The molecule has 45 heavy (non-hydrogen) atoms. The van der Waals surface area contributed by atoms with Crippen LogP contribution < -0.4 is 0 Å². The third-order valence-corrected chi connectivity index (χ3v) is 9.62. The van der Waals surface area contributed by atoms with Crippen LogP contribution in [0.15, 0.2) is 121 Å². The monoisotopic (exact) mass is 629 g/mol. The molecule has 1 saturated heterocycles. The van der Waals surface area contributed by atoms with Gasteiger partial charge in [-0.1, -0.05) is 135 Å². The number of benzene rings is 4. The first kappa shape index (κ1) is 33.0. The smallest absolute Gasteiger partial charge is 0.220 e. The lowest BCUT2D eigenvalue weighted by atomic mass is 10.1. The Morgan fingerprint density at radius 1 is 0.644 bits per heavy atom. The van der Waals surface area contributed by atoms with E-state index in [2.05, 4.69) is 0 Å². The summed E-state index contributed by atoms with van der Waals surface area (Å²) in [5, 5.41) is 0. The Morgan fingerprint density at radius 3 is 1.62 bits per heavy atom. The molecule has 238 valence electrons. The van der Waals surface area contributed by atoms with Gasteiger partial charge in [-0.15, -0.1) is 0 Å². The van der Waals surface area contributed by atoms with Gasteiger partial charge in [-0.25, -0.2) is 8.42 Å². The first-order chi connectivity index (χ1) is 22.0. The Hall–Kier alpha value is -3.37. The zero-order valence-corrected chi connectivity index (χ0v) is 26.6. The number of ether oxygens (including phenoxy) is 4. The van der Waals surface area contributed by atoms with Crippen molar-refractivity contribution in [2.75, 3.05) is 13.2 Å². The Labute approximate surface area is 267 Å². The molecule has 7 nitrogen and oxygen atoms in total. The fourth-order valence-corrected chi connectivity index (χ4v) is 7.13. The molecule has 0 amide bonds. The topological polar surface area (TPSA) is 74.3 Å². The summed E-state index contributed by atoms with van der Waals surface area (Å²) in [4.78, 5) is 0. The summed E-state index contributed by atoms with van der Waals surface area (Å²) in [5.41, 5.74) is 3.75. The normalized spacial score (nSPS) is 20.0. The van der Waals surface area contributed by atoms with E-state index in [0.717, 1.165) is 28.7 Å². The van der Waals surface area contributed by atoms with Crippen molar-refractivity contribution in [3.63, 3.8) is 0 Å². The lowest BCUT2D eigenvalue weighted by molar-refractivity contribution is -0.0965. The third kappa shape index (κ3) is 9.56. The first-order valence-electron chi connectivity index (χ1n) is 15.6. The van der Waals surface area contributed by atoms with Crippen LogP contribution in [0.5, 0.6) is 0 Å². The van der Waals surface area contributed by atoms with E-state index in [-0.39, 0.29) is 19.0 Å². The maximum Gasteiger partial charge on any atom is 0.220 e. The highest BCUT2D eigenvalue weighted by molar-refractivity contribution is 7.88. The van der Waals surface area contributed by atoms with Gasteiger partial charge in [-0.3, -0.25) is 0 Å². The molecule has 0 unspecified atom stereocenters. The minimum Gasteiger partial charge on any atom is -0.374 e. The first-order valence-corrected chi connectivity index (χ1v) is 17.3. The zero-order valence-electron chi connectivity index (χ0n) is 25.8. The van der Waals surface area contributed by atoms with Crippen molar-refractivity contribution in [3.05, 3.63) is 144 Å². The summed E-state index contributed by atoms with van der Waals surface area (Å²) >= 11 is 0. The minimum atomic E-state index is -3.79. The molecular formula is C37H43NO6S. The quantitative estimate of drug-likeness (QED) is 0.129. The van der Waals surface area contributed by atoms with Gasteiger partial charge in [0.05, 0.1) is 32.2 Å². The van der Waals surface area contributed by atoms with E-state index in [9.17, 15) is 8.42 Å². The van der Waals surface area contributed by atoms with Gasteiger partial charge in [0.1, 0.15) is 18.3 Å². The maximum absolute atomic E-state index is 14.1. The van der Waals surface area contributed by atoms with Crippen molar-refractivity contribution in [1.29, 1.82) is 0 Å². The molecule has 1 aliphatic rings. The van der Waals surface area contributed by atoms with Gasteiger partial charge in [-0.2, -0.15) is 4.31 Å². The van der Waals surface area contributed by atoms with E-state index >= 15 is 0 Å². The van der Waals surface area contributed by atoms with Crippen LogP contribution in [0.4, 0.5) is 0 Å². The second kappa shape index (κ2) is 16.8. The number of sulfonamides is 1. The summed E-state index contributed by atoms with van der Waals surface area (Å²) in [6.45, 7) is 3.59. The molecule has 1 fully saturated rings. The van der Waals surface area contributed by atoms with Crippen LogP contribution >= 0.6 is 0 Å². The molecule has 0 saturated carbocycles.